The van der Waals surface area contributed by atoms with Gasteiger partial charge in [-0.1, -0.05) is 12.8 Å². The van der Waals surface area contributed by atoms with Crippen molar-refractivity contribution in [2.45, 2.75) is 57.9 Å². The van der Waals surface area contributed by atoms with Gasteiger partial charge in [0.15, 0.2) is 0 Å². The van der Waals surface area contributed by atoms with E-state index < -0.39 is 0 Å². The molecule has 3 aliphatic rings. The molecule has 0 amide bonds. The summed E-state index contributed by atoms with van der Waals surface area (Å²) in [6, 6.07) is 6.45. The molecule has 3 heterocycles. The molecule has 1 aromatic rings. The van der Waals surface area contributed by atoms with E-state index in [2.05, 4.69) is 28.0 Å². The van der Waals surface area contributed by atoms with Crippen molar-refractivity contribution in [1.82, 2.24) is 9.80 Å². The minimum absolute atomic E-state index is 0.813. The minimum Gasteiger partial charge on any atom is -0.494 e. The molecule has 0 spiro atoms. The van der Waals surface area contributed by atoms with Crippen molar-refractivity contribution >= 4 is 11.5 Å². The Hall–Kier alpha value is -1.55. The van der Waals surface area contributed by atoms with Crippen LogP contribution in [-0.4, -0.2) is 48.4 Å². The van der Waals surface area contributed by atoms with Gasteiger partial charge in [-0.3, -0.25) is 0 Å². The summed E-state index contributed by atoms with van der Waals surface area (Å²) < 4.78 is 6.03. The zero-order valence-corrected chi connectivity index (χ0v) is 15.4. The molecule has 0 N–H and O–H groups in total. The van der Waals surface area contributed by atoms with Gasteiger partial charge in [0, 0.05) is 31.6 Å². The number of aliphatic imine (C=N–C) groups is 1. The highest BCUT2D eigenvalue weighted by atomic mass is 16.5. The van der Waals surface area contributed by atoms with Crippen molar-refractivity contribution in [1.29, 1.82) is 0 Å². The first kappa shape index (κ1) is 16.9. The Morgan fingerprint density at radius 3 is 2.72 bits per heavy atom. The molecule has 4 nitrogen and oxygen atoms in total. The number of ether oxygens (including phenoxy) is 1. The summed E-state index contributed by atoms with van der Waals surface area (Å²) in [5, 5.41) is 0. The quantitative estimate of drug-likeness (QED) is 0.745. The Balaban J connectivity index is 1.31. The van der Waals surface area contributed by atoms with Crippen LogP contribution >= 0.6 is 0 Å². The smallest absolute Gasteiger partial charge is 0.119 e. The van der Waals surface area contributed by atoms with Crippen LogP contribution in [0.25, 0.3) is 0 Å². The lowest BCUT2D eigenvalue weighted by Gasteiger charge is -2.29. The second-order valence-corrected chi connectivity index (χ2v) is 7.66. The van der Waals surface area contributed by atoms with E-state index >= 15 is 0 Å². The zero-order chi connectivity index (χ0) is 16.9. The normalized spacial score (nSPS) is 21.1. The molecule has 0 atom stereocenters. The van der Waals surface area contributed by atoms with Crippen molar-refractivity contribution in [2.24, 2.45) is 4.99 Å². The molecule has 0 unspecified atom stereocenters. The van der Waals surface area contributed by atoms with Gasteiger partial charge >= 0.3 is 0 Å². The standard InChI is InChI=1S/C21H31N3O/c1-3-8-21-22-20-10-9-19(16-18(20)17-24(21)14-6-1)25-15-7-13-23-11-4-2-5-12-23/h9-10,16H,1-8,11-15,17H2. The third-order valence-electron chi connectivity index (χ3n) is 5.69. The van der Waals surface area contributed by atoms with Gasteiger partial charge in [0.05, 0.1) is 12.3 Å². The molecule has 2 saturated heterocycles. The maximum Gasteiger partial charge on any atom is 0.119 e. The number of piperidine rings is 1. The predicted octanol–water partition coefficient (Wildman–Crippen LogP) is 4.36. The molecular formula is C21H31N3O. The summed E-state index contributed by atoms with van der Waals surface area (Å²) in [5.41, 5.74) is 2.47. The van der Waals surface area contributed by atoms with E-state index in [1.807, 2.05) is 0 Å². The number of nitrogens with zero attached hydrogens (tertiary/aromatic N) is 3. The molecule has 2 fully saturated rings. The monoisotopic (exact) mass is 341 g/mol. The van der Waals surface area contributed by atoms with Crippen LogP contribution < -0.4 is 4.74 Å². The Bertz CT molecular complexity index is 607. The number of benzene rings is 1. The Labute approximate surface area is 151 Å². The van der Waals surface area contributed by atoms with Gasteiger partial charge in [-0.05, 0) is 63.4 Å². The highest BCUT2D eigenvalue weighted by molar-refractivity contribution is 5.87. The molecule has 3 aliphatic heterocycles. The van der Waals surface area contributed by atoms with Crippen molar-refractivity contribution in [3.8, 4) is 5.75 Å². The van der Waals surface area contributed by atoms with Gasteiger partial charge in [-0.2, -0.15) is 0 Å². The average molecular weight is 341 g/mol. The number of hydrogen-bond donors (Lipinski definition) is 0. The van der Waals surface area contributed by atoms with Gasteiger partial charge in [-0.25, -0.2) is 4.99 Å². The van der Waals surface area contributed by atoms with E-state index in [1.165, 1.54) is 69.6 Å². The Kier molecular flexibility index (Phi) is 5.55. The number of hydrogen-bond acceptors (Lipinski definition) is 4. The Morgan fingerprint density at radius 2 is 1.80 bits per heavy atom. The van der Waals surface area contributed by atoms with E-state index in [0.717, 1.165) is 44.0 Å². The molecule has 0 aromatic heterocycles. The van der Waals surface area contributed by atoms with Gasteiger partial charge in [0.2, 0.25) is 0 Å². The van der Waals surface area contributed by atoms with Gasteiger partial charge < -0.3 is 14.5 Å². The van der Waals surface area contributed by atoms with Crippen LogP contribution in [0.15, 0.2) is 23.2 Å². The van der Waals surface area contributed by atoms with Crippen molar-refractivity contribution in [2.75, 3.05) is 32.8 Å². The van der Waals surface area contributed by atoms with Crippen LogP contribution in [0.3, 0.4) is 0 Å². The zero-order valence-electron chi connectivity index (χ0n) is 15.4. The first-order chi connectivity index (χ1) is 12.4. The Morgan fingerprint density at radius 1 is 0.960 bits per heavy atom. The van der Waals surface area contributed by atoms with Crippen LogP contribution in [0.2, 0.25) is 0 Å². The van der Waals surface area contributed by atoms with Crippen molar-refractivity contribution in [3.63, 3.8) is 0 Å². The van der Waals surface area contributed by atoms with E-state index in [0.29, 0.717) is 0 Å². The molecule has 25 heavy (non-hydrogen) atoms. The summed E-state index contributed by atoms with van der Waals surface area (Å²) in [6.07, 6.45) is 10.3. The fourth-order valence-corrected chi connectivity index (χ4v) is 4.24. The summed E-state index contributed by atoms with van der Waals surface area (Å²) >= 11 is 0. The number of fused-ring (bicyclic) bond motifs is 2. The highest BCUT2D eigenvalue weighted by Gasteiger charge is 2.21. The number of amidine groups is 1. The average Bonchev–Trinajstić information content (AvgIpc) is 2.89. The third-order valence-corrected chi connectivity index (χ3v) is 5.69. The summed E-state index contributed by atoms with van der Waals surface area (Å²) in [7, 11) is 0. The molecule has 0 aliphatic carbocycles. The summed E-state index contributed by atoms with van der Waals surface area (Å²) in [5.74, 6) is 2.30. The van der Waals surface area contributed by atoms with Gasteiger partial charge in [0.1, 0.15) is 11.6 Å². The van der Waals surface area contributed by atoms with Crippen LogP contribution in [0.4, 0.5) is 5.69 Å². The van der Waals surface area contributed by atoms with Crippen molar-refractivity contribution in [3.05, 3.63) is 23.8 Å². The molecule has 4 heteroatoms. The van der Waals surface area contributed by atoms with Crippen molar-refractivity contribution < 1.29 is 4.74 Å². The number of rotatable bonds is 5. The van der Waals surface area contributed by atoms with Gasteiger partial charge in [0.25, 0.3) is 0 Å². The van der Waals surface area contributed by atoms with Crippen LogP contribution in [0.5, 0.6) is 5.75 Å². The fraction of sp³-hybridized carbons (Fsp3) is 0.667. The third kappa shape index (κ3) is 4.35. The lowest BCUT2D eigenvalue weighted by molar-refractivity contribution is 0.205. The highest BCUT2D eigenvalue weighted by Crippen LogP contribution is 2.32. The fourth-order valence-electron chi connectivity index (χ4n) is 4.24. The molecule has 0 bridgehead atoms. The summed E-state index contributed by atoms with van der Waals surface area (Å²) in [4.78, 5) is 9.95. The lowest BCUT2D eigenvalue weighted by Crippen LogP contribution is -2.32. The summed E-state index contributed by atoms with van der Waals surface area (Å²) in [6.45, 7) is 6.68. The van der Waals surface area contributed by atoms with Crippen LogP contribution in [0, 0.1) is 0 Å². The molecule has 4 rings (SSSR count). The van der Waals surface area contributed by atoms with E-state index in [4.69, 9.17) is 9.73 Å². The topological polar surface area (TPSA) is 28.1 Å². The molecule has 0 radical (unpaired) electrons. The second kappa shape index (κ2) is 8.22. The van der Waals surface area contributed by atoms with Crippen LogP contribution in [0.1, 0.15) is 56.9 Å². The van der Waals surface area contributed by atoms with E-state index in [-0.39, 0.29) is 0 Å². The first-order valence-corrected chi connectivity index (χ1v) is 10.2. The van der Waals surface area contributed by atoms with Crippen LogP contribution in [-0.2, 0) is 6.54 Å². The molecule has 1 aromatic carbocycles. The molecular weight excluding hydrogens is 310 g/mol. The predicted molar refractivity (Wildman–Crippen MR) is 103 cm³/mol. The van der Waals surface area contributed by atoms with E-state index in [1.54, 1.807) is 0 Å². The molecule has 0 saturated carbocycles. The SMILES string of the molecule is c1cc2c(cc1OCCCN1CCCCC1)CN1CCCCCC1=N2. The lowest BCUT2D eigenvalue weighted by atomic mass is 10.1. The largest absolute Gasteiger partial charge is 0.494 e. The number of likely N-dealkylation sites (tertiary alicyclic amines) is 1. The maximum atomic E-state index is 6.03. The first-order valence-electron chi connectivity index (χ1n) is 10.2. The van der Waals surface area contributed by atoms with Gasteiger partial charge in [-0.15, -0.1) is 0 Å². The van der Waals surface area contributed by atoms with E-state index in [9.17, 15) is 0 Å². The maximum absolute atomic E-state index is 6.03. The minimum atomic E-state index is 0.813. The molecule has 136 valence electrons. The second-order valence-electron chi connectivity index (χ2n) is 7.66.